The number of aromatic nitrogens is 4. The number of benzene rings is 1. The van der Waals surface area contributed by atoms with Gasteiger partial charge in [0.2, 0.25) is 17.4 Å². The first kappa shape index (κ1) is 18.3. The highest BCUT2D eigenvalue weighted by molar-refractivity contribution is 7.14. The molecule has 1 aromatic carbocycles. The van der Waals surface area contributed by atoms with Crippen LogP contribution in [0.15, 0.2) is 52.8 Å². The number of pyridine rings is 1. The minimum absolute atomic E-state index is 0.0899. The number of rotatable bonds is 4. The first-order chi connectivity index (χ1) is 14.6. The SMILES string of the molecule is O=C(Nc1nc(CC(=O)N2CCn3c2nc2ccccc23)cs1)c1ccc(=O)[nH]c1. The van der Waals surface area contributed by atoms with Crippen molar-refractivity contribution in [1.82, 2.24) is 19.5 Å². The quantitative estimate of drug-likeness (QED) is 0.524. The number of para-hydroxylation sites is 2. The molecular weight excluding hydrogens is 404 g/mol. The molecule has 1 aliphatic heterocycles. The number of carbonyl (C=O) groups is 2. The van der Waals surface area contributed by atoms with Crippen LogP contribution in [0.25, 0.3) is 11.0 Å². The van der Waals surface area contributed by atoms with E-state index in [-0.39, 0.29) is 23.8 Å². The number of anilines is 2. The van der Waals surface area contributed by atoms with E-state index in [9.17, 15) is 14.4 Å². The van der Waals surface area contributed by atoms with Gasteiger partial charge >= 0.3 is 0 Å². The summed E-state index contributed by atoms with van der Waals surface area (Å²) < 4.78 is 2.05. The number of nitrogens with zero attached hydrogens (tertiary/aromatic N) is 4. The van der Waals surface area contributed by atoms with Crippen molar-refractivity contribution in [3.63, 3.8) is 0 Å². The number of hydrogen-bond acceptors (Lipinski definition) is 6. The maximum absolute atomic E-state index is 12.9. The highest BCUT2D eigenvalue weighted by Crippen LogP contribution is 2.28. The third-order valence-corrected chi connectivity index (χ3v) is 5.68. The van der Waals surface area contributed by atoms with Gasteiger partial charge in [-0.05, 0) is 18.2 Å². The van der Waals surface area contributed by atoms with Crippen molar-refractivity contribution in [3.8, 4) is 0 Å². The number of nitrogens with one attached hydrogen (secondary N) is 2. The molecule has 0 radical (unpaired) electrons. The van der Waals surface area contributed by atoms with Crippen LogP contribution >= 0.6 is 11.3 Å². The summed E-state index contributed by atoms with van der Waals surface area (Å²) in [5.74, 6) is 0.183. The van der Waals surface area contributed by atoms with Gasteiger partial charge in [0.1, 0.15) is 0 Å². The number of amides is 2. The molecular formula is C20H16N6O3S. The third kappa shape index (κ3) is 3.26. The van der Waals surface area contributed by atoms with Gasteiger partial charge in [-0.15, -0.1) is 11.3 Å². The lowest BCUT2D eigenvalue weighted by atomic mass is 10.3. The van der Waals surface area contributed by atoms with Crippen molar-refractivity contribution in [2.75, 3.05) is 16.8 Å². The van der Waals surface area contributed by atoms with Crippen molar-refractivity contribution in [2.45, 2.75) is 13.0 Å². The van der Waals surface area contributed by atoms with Crippen LogP contribution in [0, 0.1) is 0 Å². The van der Waals surface area contributed by atoms with Crippen molar-refractivity contribution < 1.29 is 9.59 Å². The molecule has 2 N–H and O–H groups in total. The monoisotopic (exact) mass is 420 g/mol. The summed E-state index contributed by atoms with van der Waals surface area (Å²) in [4.78, 5) is 49.3. The predicted molar refractivity (Wildman–Crippen MR) is 113 cm³/mol. The summed E-state index contributed by atoms with van der Waals surface area (Å²) in [6.45, 7) is 1.28. The molecule has 0 saturated heterocycles. The Morgan fingerprint density at radius 3 is 2.83 bits per heavy atom. The average molecular weight is 420 g/mol. The molecule has 3 aromatic heterocycles. The van der Waals surface area contributed by atoms with Gasteiger partial charge in [0, 0.05) is 30.7 Å². The normalized spacial score (nSPS) is 12.9. The topological polar surface area (TPSA) is 113 Å². The zero-order chi connectivity index (χ0) is 20.7. The second kappa shape index (κ2) is 7.23. The molecule has 0 bridgehead atoms. The predicted octanol–water partition coefficient (Wildman–Crippen LogP) is 2.02. The molecule has 0 unspecified atom stereocenters. The van der Waals surface area contributed by atoms with Crippen molar-refractivity contribution >= 4 is 45.3 Å². The largest absolute Gasteiger partial charge is 0.328 e. The number of carbonyl (C=O) groups excluding carboxylic acids is 2. The van der Waals surface area contributed by atoms with Crippen LogP contribution in [0.1, 0.15) is 16.1 Å². The van der Waals surface area contributed by atoms with Crippen molar-refractivity contribution in [2.24, 2.45) is 0 Å². The molecule has 0 spiro atoms. The van der Waals surface area contributed by atoms with E-state index in [2.05, 4.69) is 20.3 Å². The lowest BCUT2D eigenvalue weighted by Crippen LogP contribution is -2.31. The molecule has 0 aliphatic carbocycles. The summed E-state index contributed by atoms with van der Waals surface area (Å²) in [7, 11) is 0. The van der Waals surface area contributed by atoms with E-state index in [1.54, 1.807) is 10.3 Å². The summed E-state index contributed by atoms with van der Waals surface area (Å²) in [6.07, 6.45) is 1.46. The van der Waals surface area contributed by atoms with E-state index < -0.39 is 0 Å². The van der Waals surface area contributed by atoms with Crippen LogP contribution in [0.2, 0.25) is 0 Å². The molecule has 4 heterocycles. The van der Waals surface area contributed by atoms with E-state index >= 15 is 0 Å². The fourth-order valence-corrected chi connectivity index (χ4v) is 4.15. The molecule has 0 fully saturated rings. The first-order valence-electron chi connectivity index (χ1n) is 9.28. The second-order valence-electron chi connectivity index (χ2n) is 6.81. The molecule has 30 heavy (non-hydrogen) atoms. The zero-order valence-electron chi connectivity index (χ0n) is 15.7. The molecule has 5 rings (SSSR count). The summed E-state index contributed by atoms with van der Waals surface area (Å²) in [5.41, 5.74) is 2.50. The number of fused-ring (bicyclic) bond motifs is 3. The van der Waals surface area contributed by atoms with E-state index in [4.69, 9.17) is 0 Å². The Morgan fingerprint density at radius 1 is 1.13 bits per heavy atom. The van der Waals surface area contributed by atoms with Crippen LogP contribution in [-0.4, -0.2) is 37.9 Å². The molecule has 4 aromatic rings. The van der Waals surface area contributed by atoms with Gasteiger partial charge in [0.15, 0.2) is 5.13 Å². The average Bonchev–Trinajstić information content (AvgIpc) is 3.43. The third-order valence-electron chi connectivity index (χ3n) is 4.88. The van der Waals surface area contributed by atoms with Crippen LogP contribution in [0.3, 0.4) is 0 Å². The number of aromatic amines is 1. The Balaban J connectivity index is 1.28. The van der Waals surface area contributed by atoms with Crippen molar-refractivity contribution in [1.29, 1.82) is 0 Å². The Labute approximate surface area is 174 Å². The minimum atomic E-state index is -0.383. The molecule has 2 amide bonds. The van der Waals surface area contributed by atoms with Gasteiger partial charge in [0.05, 0.1) is 28.7 Å². The second-order valence-corrected chi connectivity index (χ2v) is 7.67. The molecule has 1 aliphatic rings. The number of imidazole rings is 1. The van der Waals surface area contributed by atoms with E-state index in [1.165, 1.54) is 29.7 Å². The van der Waals surface area contributed by atoms with E-state index in [1.807, 2.05) is 28.8 Å². The number of thiazole rings is 1. The summed E-state index contributed by atoms with van der Waals surface area (Å²) >= 11 is 1.24. The molecule has 150 valence electrons. The highest BCUT2D eigenvalue weighted by atomic mass is 32.1. The summed E-state index contributed by atoms with van der Waals surface area (Å²) in [6, 6.07) is 10.5. The van der Waals surface area contributed by atoms with Crippen LogP contribution in [0.5, 0.6) is 0 Å². The standard InChI is InChI=1S/C20H16N6O3S/c27-16-6-5-12(10-21-16)18(29)24-19-22-13(11-30-19)9-17(28)26-8-7-25-15-4-2-1-3-14(15)23-20(25)26/h1-6,10-11H,7-9H2,(H,21,27)(H,22,24,29). The smallest absolute Gasteiger partial charge is 0.258 e. The molecule has 10 heteroatoms. The van der Waals surface area contributed by atoms with Crippen LogP contribution in [-0.2, 0) is 17.8 Å². The fourth-order valence-electron chi connectivity index (χ4n) is 3.44. The number of hydrogen-bond donors (Lipinski definition) is 2. The highest BCUT2D eigenvalue weighted by Gasteiger charge is 2.28. The Kier molecular flexibility index (Phi) is 4.40. The maximum atomic E-state index is 12.9. The van der Waals surface area contributed by atoms with Crippen molar-refractivity contribution in [3.05, 3.63) is 69.6 Å². The van der Waals surface area contributed by atoms with E-state index in [0.717, 1.165) is 11.0 Å². The van der Waals surface area contributed by atoms with Gasteiger partial charge in [-0.2, -0.15) is 0 Å². The van der Waals surface area contributed by atoms with Crippen LogP contribution < -0.4 is 15.8 Å². The lowest BCUT2D eigenvalue weighted by Gasteiger charge is -2.12. The molecule has 9 nitrogen and oxygen atoms in total. The van der Waals surface area contributed by atoms with Gasteiger partial charge in [0.25, 0.3) is 5.91 Å². The fraction of sp³-hybridized carbons (Fsp3) is 0.150. The lowest BCUT2D eigenvalue weighted by molar-refractivity contribution is -0.117. The summed E-state index contributed by atoms with van der Waals surface area (Å²) in [5, 5.41) is 4.82. The zero-order valence-corrected chi connectivity index (χ0v) is 16.5. The number of H-pyrrole nitrogens is 1. The van der Waals surface area contributed by atoms with Gasteiger partial charge in [-0.3, -0.25) is 24.6 Å². The Bertz CT molecular complexity index is 1320. The Hall–Kier alpha value is -3.79. The van der Waals surface area contributed by atoms with Crippen LogP contribution in [0.4, 0.5) is 11.1 Å². The maximum Gasteiger partial charge on any atom is 0.258 e. The Morgan fingerprint density at radius 2 is 2.00 bits per heavy atom. The van der Waals surface area contributed by atoms with Gasteiger partial charge in [-0.1, -0.05) is 12.1 Å². The van der Waals surface area contributed by atoms with Gasteiger partial charge < -0.3 is 9.55 Å². The molecule has 0 saturated carbocycles. The molecule has 0 atom stereocenters. The van der Waals surface area contributed by atoms with Gasteiger partial charge in [-0.25, -0.2) is 9.97 Å². The minimum Gasteiger partial charge on any atom is -0.328 e. The first-order valence-corrected chi connectivity index (χ1v) is 10.2. The van der Waals surface area contributed by atoms with E-state index in [0.29, 0.717) is 35.4 Å².